The summed E-state index contributed by atoms with van der Waals surface area (Å²) in [5.74, 6) is 0. The van der Waals surface area contributed by atoms with Gasteiger partial charge in [-0.25, -0.2) is 0 Å². The first-order chi connectivity index (χ1) is 2.00. The van der Waals surface area contributed by atoms with E-state index < -0.39 is 0 Å². The van der Waals surface area contributed by atoms with E-state index in [0.717, 1.165) is 0 Å². The zero-order valence-electron chi connectivity index (χ0n) is 1.82. The molecule has 0 aromatic rings. The van der Waals surface area contributed by atoms with Crippen LogP contribution in [0.25, 0.3) is 0 Å². The average Bonchev–Trinajstić information content (AvgIpc) is 1.50. The van der Waals surface area contributed by atoms with Crippen molar-refractivity contribution in [2.45, 2.75) is 0 Å². The second kappa shape index (κ2) is 36.5. The molecule has 0 aromatic heterocycles. The third kappa shape index (κ3) is 23.5. The maximum atomic E-state index is 8.34. The van der Waals surface area contributed by atoms with Crippen LogP contribution < -0.4 is 0 Å². The van der Waals surface area contributed by atoms with E-state index in [-0.39, 0.29) is 25.8 Å². The van der Waals surface area contributed by atoms with Crippen molar-refractivity contribution >= 4 is 70.9 Å². The molecule has 0 bridgehead atoms. The molecule has 0 aromatic carbocycles. The van der Waals surface area contributed by atoms with Crippen molar-refractivity contribution in [1.29, 1.82) is 0 Å². The Morgan fingerprint density at radius 3 is 0.800 bits per heavy atom. The Labute approximate surface area is 75.8 Å². The van der Waals surface area contributed by atoms with Crippen molar-refractivity contribution < 1.29 is 6.15 Å². The summed E-state index contributed by atoms with van der Waals surface area (Å²) in [4.78, 5) is 0. The molecule has 5 heavy (non-hydrogen) atoms. The average molecular weight is 387 g/mol. The third-order valence-corrected chi connectivity index (χ3v) is 0. The summed E-state index contributed by atoms with van der Waals surface area (Å²) < 4.78 is 16.7. The number of rotatable bonds is 0. The van der Waals surface area contributed by atoms with E-state index in [1.165, 1.54) is 0 Å². The Morgan fingerprint density at radius 1 is 0.800 bits per heavy atom. The van der Waals surface area contributed by atoms with Gasteiger partial charge in [-0.1, -0.05) is 0 Å². The molecule has 0 aliphatic carbocycles. The van der Waals surface area contributed by atoms with Crippen molar-refractivity contribution in [3.8, 4) is 0 Å². The first-order valence-corrected chi connectivity index (χ1v) is 2.74. The molecule has 0 aliphatic heterocycles. The Hall–Kier alpha value is 2.07. The van der Waals surface area contributed by atoms with Gasteiger partial charge in [0.2, 0.25) is 0 Å². The predicted octanol–water partition coefficient (Wildman–Crippen LogP) is -2.18. The van der Waals surface area contributed by atoms with E-state index >= 15 is 0 Å². The van der Waals surface area contributed by atoms with Crippen LogP contribution in [0.1, 0.15) is 0 Å². The van der Waals surface area contributed by atoms with Crippen molar-refractivity contribution in [2.24, 2.45) is 0 Å². The molecule has 0 heterocycles. The molecule has 0 unspecified atom stereocenters. The molecule has 0 aliphatic rings. The second-order valence-corrected chi connectivity index (χ2v) is 0. The Morgan fingerprint density at radius 2 is 0.800 bits per heavy atom. The van der Waals surface area contributed by atoms with Crippen LogP contribution in [0.4, 0.5) is 0 Å². The minimum absolute atomic E-state index is 0. The molecule has 26 valence electrons. The van der Waals surface area contributed by atoms with Gasteiger partial charge in [0.05, 0.1) is 0 Å². The number of hydrogen-bond donors (Lipinski definition) is 0. The van der Waals surface area contributed by atoms with Crippen LogP contribution in [0.3, 0.4) is 0 Å². The van der Waals surface area contributed by atoms with Gasteiger partial charge in [-0.3, -0.25) is 0 Å². The summed E-state index contributed by atoms with van der Waals surface area (Å²) in [5, 5.41) is 0. The van der Waals surface area contributed by atoms with Gasteiger partial charge in [0.25, 0.3) is 0 Å². The molecule has 0 atom stereocenters. The van der Waals surface area contributed by atoms with Gasteiger partial charge in [0, 0.05) is 0 Å². The summed E-state index contributed by atoms with van der Waals surface area (Å²) in [5.41, 5.74) is 0. The topological polar surface area (TPSA) is 34.1 Å². The second-order valence-electron chi connectivity index (χ2n) is 0. The quantitative estimate of drug-likeness (QED) is 0.443. The summed E-state index contributed by atoms with van der Waals surface area (Å²) >= 11 is 0.600. The van der Waals surface area contributed by atoms with Crippen molar-refractivity contribution in [1.82, 2.24) is 0 Å². The molecular formula is H3InO2Sn2. The van der Waals surface area contributed by atoms with E-state index in [2.05, 4.69) is 0 Å². The van der Waals surface area contributed by atoms with Crippen LogP contribution in [0.5, 0.6) is 0 Å². The van der Waals surface area contributed by atoms with Gasteiger partial charge >= 0.3 is 77.0 Å². The first kappa shape index (κ1) is 15.7. The van der Waals surface area contributed by atoms with Gasteiger partial charge in [0.1, 0.15) is 0 Å². The molecule has 0 saturated heterocycles. The normalized spacial score (nSPS) is 1.60. The van der Waals surface area contributed by atoms with Gasteiger partial charge in [-0.15, -0.1) is 0 Å². The molecule has 0 spiro atoms. The van der Waals surface area contributed by atoms with E-state index in [1.54, 1.807) is 0 Å². The van der Waals surface area contributed by atoms with Crippen LogP contribution >= 0.6 is 0 Å². The summed E-state index contributed by atoms with van der Waals surface area (Å²) in [6.45, 7) is 0. The van der Waals surface area contributed by atoms with E-state index in [9.17, 15) is 0 Å². The molecular weight excluding hydrogens is 384 g/mol. The van der Waals surface area contributed by atoms with Crippen LogP contribution in [0, 0.1) is 0 Å². The zero-order chi connectivity index (χ0) is 4.00. The van der Waals surface area contributed by atoms with Crippen LogP contribution in [-0.4, -0.2) is 70.9 Å². The Kier molecular flexibility index (Phi) is 115. The van der Waals surface area contributed by atoms with Crippen molar-refractivity contribution in [3.63, 3.8) is 0 Å². The third-order valence-electron chi connectivity index (χ3n) is 0. The molecule has 0 amide bonds. The SMILES string of the molecule is [InH3].[O]=[Sn].[O]=[Sn]. The van der Waals surface area contributed by atoms with Crippen LogP contribution in [0.15, 0.2) is 0 Å². The summed E-state index contributed by atoms with van der Waals surface area (Å²) in [7, 11) is 0. The fourth-order valence-corrected chi connectivity index (χ4v) is 0. The minimum atomic E-state index is 0. The van der Waals surface area contributed by atoms with E-state index in [1.807, 2.05) is 0 Å². The van der Waals surface area contributed by atoms with Crippen LogP contribution in [0.2, 0.25) is 0 Å². The molecule has 0 saturated carbocycles. The molecule has 0 fully saturated rings. The van der Waals surface area contributed by atoms with Gasteiger partial charge in [-0.2, -0.15) is 0 Å². The van der Waals surface area contributed by atoms with Gasteiger partial charge in [-0.05, 0) is 0 Å². The maximum absolute atomic E-state index is 8.34. The molecule has 4 radical (unpaired) electrons. The fraction of sp³-hybridized carbons (Fsp3) is 0. The zero-order valence-corrected chi connectivity index (χ0v) is 7.52. The molecule has 5 heteroatoms. The van der Waals surface area contributed by atoms with E-state index in [4.69, 9.17) is 6.15 Å². The predicted molar refractivity (Wildman–Crippen MR) is 22.8 cm³/mol. The fourth-order valence-electron chi connectivity index (χ4n) is 0. The van der Waals surface area contributed by atoms with Crippen LogP contribution in [-0.2, 0) is 6.15 Å². The van der Waals surface area contributed by atoms with Gasteiger partial charge < -0.3 is 0 Å². The molecule has 2 nitrogen and oxygen atoms in total. The Balaban J connectivity index is -0.0000000133. The summed E-state index contributed by atoms with van der Waals surface area (Å²) in [6, 6.07) is 0. The van der Waals surface area contributed by atoms with Crippen molar-refractivity contribution in [2.75, 3.05) is 0 Å². The molecule has 0 rings (SSSR count). The first-order valence-electron chi connectivity index (χ1n) is 0.408. The van der Waals surface area contributed by atoms with Crippen molar-refractivity contribution in [3.05, 3.63) is 0 Å². The van der Waals surface area contributed by atoms with E-state index in [0.29, 0.717) is 45.0 Å². The van der Waals surface area contributed by atoms with Gasteiger partial charge in [0.15, 0.2) is 0 Å². The number of hydrogen-bond acceptors (Lipinski definition) is 2. The Bertz CT molecular complexity index is 9.61. The molecule has 0 N–H and O–H groups in total. The standard InChI is InChI=1S/In.2O.2Sn.3H. The summed E-state index contributed by atoms with van der Waals surface area (Å²) in [6.07, 6.45) is 0. The monoisotopic (exact) mass is 390 g/mol.